The van der Waals surface area contributed by atoms with Crippen LogP contribution in [-0.2, 0) is 4.74 Å². The van der Waals surface area contributed by atoms with E-state index in [1.807, 2.05) is 6.07 Å². The Morgan fingerprint density at radius 3 is 2.21 bits per heavy atom. The second-order valence-electron chi connectivity index (χ2n) is 2.36. The fraction of sp³-hybridized carbons (Fsp3) is 0.300. The molecule has 0 aliphatic rings. The van der Waals surface area contributed by atoms with Crippen molar-refractivity contribution in [3.63, 3.8) is 0 Å². The Bertz CT molecular complexity index is 247. The van der Waals surface area contributed by atoms with Crippen LogP contribution in [0.15, 0.2) is 30.3 Å². The third-order valence-corrected chi connectivity index (χ3v) is 1.51. The summed E-state index contributed by atoms with van der Waals surface area (Å²) in [5.74, 6) is 0. The topological polar surface area (TPSA) is 46.5 Å². The van der Waals surface area contributed by atoms with Crippen LogP contribution in [0.25, 0.3) is 0 Å². The molecule has 0 amide bonds. The van der Waals surface area contributed by atoms with Crippen LogP contribution in [-0.4, -0.2) is 30.7 Å². The van der Waals surface area contributed by atoms with Crippen LogP contribution in [0.1, 0.15) is 10.4 Å². The van der Waals surface area contributed by atoms with Crippen LogP contribution in [0.5, 0.6) is 0 Å². The molecule has 0 spiro atoms. The Morgan fingerprint density at radius 1 is 1.43 bits per heavy atom. The Morgan fingerprint density at radius 2 is 2.00 bits per heavy atom. The molecule has 0 aliphatic heterocycles. The summed E-state index contributed by atoms with van der Waals surface area (Å²) in [6.07, 6.45) is 0. The van der Waals surface area contributed by atoms with Gasteiger partial charge in [-0.2, -0.15) is 0 Å². The van der Waals surface area contributed by atoms with Gasteiger partial charge in [0.25, 0.3) is 5.24 Å². The second-order valence-corrected chi connectivity index (χ2v) is 2.70. The first-order valence-corrected chi connectivity index (χ1v) is 4.44. The highest BCUT2D eigenvalue weighted by Crippen LogP contribution is 2.01. The van der Waals surface area contributed by atoms with E-state index in [-0.39, 0.29) is 6.61 Å². The molecule has 0 bridgehead atoms. The van der Waals surface area contributed by atoms with Crippen molar-refractivity contribution in [2.45, 2.75) is 0 Å². The lowest BCUT2D eigenvalue weighted by atomic mass is 10.2. The number of carbonyl (C=O) groups is 1. The molecule has 1 rings (SSSR count). The molecule has 1 aromatic carbocycles. The maximum absolute atomic E-state index is 10.4. The van der Waals surface area contributed by atoms with Gasteiger partial charge in [0.05, 0.1) is 13.2 Å². The van der Waals surface area contributed by atoms with Crippen molar-refractivity contribution in [2.24, 2.45) is 0 Å². The number of methoxy groups -OCH3 is 1. The van der Waals surface area contributed by atoms with Gasteiger partial charge in [-0.05, 0) is 11.6 Å². The molecule has 1 aromatic rings. The van der Waals surface area contributed by atoms with Crippen LogP contribution in [0.3, 0.4) is 0 Å². The van der Waals surface area contributed by atoms with Crippen LogP contribution in [0, 0.1) is 0 Å². The highest BCUT2D eigenvalue weighted by Gasteiger charge is 1.95. The molecule has 0 radical (unpaired) electrons. The molecule has 3 nitrogen and oxygen atoms in total. The standard InChI is InChI=1S/C7H5ClO.C3H8O2/c8-7(9)6-4-2-1-3-5-6;1-5-3-2-4/h1-5H;4H,2-3H2,1H3. The molecule has 0 saturated carbocycles. The van der Waals surface area contributed by atoms with E-state index in [0.29, 0.717) is 12.2 Å². The number of aliphatic hydroxyl groups is 1. The van der Waals surface area contributed by atoms with Gasteiger partial charge < -0.3 is 9.84 Å². The minimum atomic E-state index is -0.407. The second kappa shape index (κ2) is 8.69. The molecule has 14 heavy (non-hydrogen) atoms. The van der Waals surface area contributed by atoms with Crippen LogP contribution in [0.2, 0.25) is 0 Å². The Labute approximate surface area is 88.3 Å². The largest absolute Gasteiger partial charge is 0.394 e. The fourth-order valence-corrected chi connectivity index (χ4v) is 0.786. The fourth-order valence-electron chi connectivity index (χ4n) is 0.660. The van der Waals surface area contributed by atoms with Crippen LogP contribution >= 0.6 is 11.6 Å². The number of hydrogen-bond donors (Lipinski definition) is 1. The molecule has 0 aliphatic carbocycles. The van der Waals surface area contributed by atoms with Gasteiger partial charge in [0.1, 0.15) is 0 Å². The molecule has 78 valence electrons. The van der Waals surface area contributed by atoms with Crippen molar-refractivity contribution in [3.8, 4) is 0 Å². The first-order chi connectivity index (χ1) is 6.72. The number of ether oxygens (including phenoxy) is 1. The van der Waals surface area contributed by atoms with Gasteiger partial charge in [0.15, 0.2) is 0 Å². The number of rotatable bonds is 3. The number of carbonyl (C=O) groups excluding carboxylic acids is 1. The highest BCUT2D eigenvalue weighted by atomic mass is 35.5. The molecule has 1 N–H and O–H groups in total. The smallest absolute Gasteiger partial charge is 0.252 e. The monoisotopic (exact) mass is 216 g/mol. The van der Waals surface area contributed by atoms with Gasteiger partial charge in [-0.15, -0.1) is 0 Å². The zero-order valence-electron chi connectivity index (χ0n) is 7.94. The minimum Gasteiger partial charge on any atom is -0.394 e. The zero-order chi connectivity index (χ0) is 10.8. The summed E-state index contributed by atoms with van der Waals surface area (Å²) in [5, 5.41) is 7.53. The summed E-state index contributed by atoms with van der Waals surface area (Å²) >= 11 is 5.16. The van der Waals surface area contributed by atoms with E-state index in [4.69, 9.17) is 16.7 Å². The molecule has 0 heterocycles. The average Bonchev–Trinajstić information content (AvgIpc) is 2.21. The molecular weight excluding hydrogens is 204 g/mol. The number of aliphatic hydroxyl groups excluding tert-OH is 1. The molecule has 0 saturated heterocycles. The molecule has 0 unspecified atom stereocenters. The molecule has 0 aromatic heterocycles. The highest BCUT2D eigenvalue weighted by molar-refractivity contribution is 6.67. The minimum absolute atomic E-state index is 0.122. The first-order valence-electron chi connectivity index (χ1n) is 4.07. The zero-order valence-corrected chi connectivity index (χ0v) is 8.70. The van der Waals surface area contributed by atoms with Gasteiger partial charge in [0.2, 0.25) is 0 Å². The predicted octanol–water partition coefficient (Wildman–Crippen LogP) is 1.69. The van der Waals surface area contributed by atoms with E-state index < -0.39 is 5.24 Å². The first kappa shape index (κ1) is 13.1. The number of benzene rings is 1. The molecule has 0 atom stereocenters. The van der Waals surface area contributed by atoms with E-state index in [0.717, 1.165) is 0 Å². The Balaban J connectivity index is 0.000000292. The van der Waals surface area contributed by atoms with E-state index >= 15 is 0 Å². The maximum atomic E-state index is 10.4. The lowest BCUT2D eigenvalue weighted by Gasteiger charge is -1.87. The summed E-state index contributed by atoms with van der Waals surface area (Å²) in [6, 6.07) is 8.74. The van der Waals surface area contributed by atoms with Gasteiger partial charge in [0, 0.05) is 12.7 Å². The van der Waals surface area contributed by atoms with Crippen molar-refractivity contribution >= 4 is 16.8 Å². The van der Waals surface area contributed by atoms with E-state index in [1.165, 1.54) is 0 Å². The van der Waals surface area contributed by atoms with Gasteiger partial charge >= 0.3 is 0 Å². The van der Waals surface area contributed by atoms with Crippen molar-refractivity contribution in [2.75, 3.05) is 20.3 Å². The van der Waals surface area contributed by atoms with E-state index in [1.54, 1.807) is 31.4 Å². The van der Waals surface area contributed by atoms with E-state index in [9.17, 15) is 4.79 Å². The third-order valence-electron chi connectivity index (χ3n) is 1.30. The summed E-state index contributed by atoms with van der Waals surface area (Å²) in [5.41, 5.74) is 0.541. The summed E-state index contributed by atoms with van der Waals surface area (Å²) in [7, 11) is 1.55. The van der Waals surface area contributed by atoms with Crippen LogP contribution < -0.4 is 0 Å². The van der Waals surface area contributed by atoms with Crippen molar-refractivity contribution in [1.29, 1.82) is 0 Å². The third kappa shape index (κ3) is 6.60. The Hall–Kier alpha value is -0.900. The predicted molar refractivity (Wildman–Crippen MR) is 55.6 cm³/mol. The number of halogens is 1. The molecule has 0 fully saturated rings. The summed E-state index contributed by atoms with van der Waals surface area (Å²) in [6.45, 7) is 0.566. The lowest BCUT2D eigenvalue weighted by Crippen LogP contribution is -1.91. The van der Waals surface area contributed by atoms with Gasteiger partial charge in [-0.3, -0.25) is 4.79 Å². The van der Waals surface area contributed by atoms with Crippen molar-refractivity contribution in [1.82, 2.24) is 0 Å². The van der Waals surface area contributed by atoms with Crippen molar-refractivity contribution in [3.05, 3.63) is 35.9 Å². The van der Waals surface area contributed by atoms with Gasteiger partial charge in [-0.25, -0.2) is 0 Å². The van der Waals surface area contributed by atoms with Gasteiger partial charge in [-0.1, -0.05) is 30.3 Å². The summed E-state index contributed by atoms with van der Waals surface area (Å²) < 4.78 is 4.44. The molecular formula is C10H13ClO3. The average molecular weight is 217 g/mol. The number of hydrogen-bond acceptors (Lipinski definition) is 3. The van der Waals surface area contributed by atoms with E-state index in [2.05, 4.69) is 4.74 Å². The van der Waals surface area contributed by atoms with Crippen LogP contribution in [0.4, 0.5) is 0 Å². The lowest BCUT2D eigenvalue weighted by molar-refractivity contribution is 0.108. The summed E-state index contributed by atoms with van der Waals surface area (Å²) in [4.78, 5) is 10.4. The van der Waals surface area contributed by atoms with Crippen molar-refractivity contribution < 1.29 is 14.6 Å². The molecule has 4 heteroatoms. The quantitative estimate of drug-likeness (QED) is 0.783. The normalized spacial score (nSPS) is 8.79. The SMILES string of the molecule is COCCO.O=C(Cl)c1ccccc1. The Kier molecular flexibility index (Phi) is 8.13. The maximum Gasteiger partial charge on any atom is 0.252 e.